The summed E-state index contributed by atoms with van der Waals surface area (Å²) in [5, 5.41) is 10.4. The zero-order valence-corrected chi connectivity index (χ0v) is 15.6. The molecular formula is C19H29O4P. The number of aliphatic hydroxyl groups excluding tert-OH is 1. The molecule has 0 aromatic heterocycles. The minimum absolute atomic E-state index is 0.0393. The zero-order chi connectivity index (χ0) is 17.3. The smallest absolute Gasteiger partial charge is 0.354 e. The van der Waals surface area contributed by atoms with E-state index in [0.29, 0.717) is 17.8 Å². The van der Waals surface area contributed by atoms with Crippen molar-refractivity contribution in [2.24, 2.45) is 22.7 Å². The van der Waals surface area contributed by atoms with E-state index in [1.54, 1.807) is 17.2 Å². The van der Waals surface area contributed by atoms with Crippen molar-refractivity contribution in [1.29, 1.82) is 0 Å². The van der Waals surface area contributed by atoms with Crippen LogP contribution in [0.15, 0.2) is 22.5 Å². The molecule has 0 aromatic carbocycles. The van der Waals surface area contributed by atoms with Crippen molar-refractivity contribution in [3.05, 3.63) is 22.5 Å². The van der Waals surface area contributed by atoms with Crippen LogP contribution in [0.2, 0.25) is 0 Å². The monoisotopic (exact) mass is 352 g/mol. The first-order valence-electron chi connectivity index (χ1n) is 9.33. The molecule has 5 heteroatoms. The third-order valence-corrected chi connectivity index (χ3v) is 8.85. The van der Waals surface area contributed by atoms with Gasteiger partial charge in [-0.2, -0.15) is 0 Å². The Hall–Kier alpha value is -0.410. The summed E-state index contributed by atoms with van der Waals surface area (Å²) in [6.07, 6.45) is 9.46. The normalized spacial score (nSPS) is 45.4. The standard InChI is InChI=1S/C19H29O4P/c1-18-8-3-4-14(18)13-6-5-12-10-17(24(21,22)23)16(20)11-19(12,2)15(13)7-9-18/h10,12,15-16,20H,3-9,11H2,1-2H3,(H2,21,22,23)/t12?,15-,16?,18+,19+/m1/s1. The quantitative estimate of drug-likeness (QED) is 0.490. The van der Waals surface area contributed by atoms with Crippen molar-refractivity contribution in [2.45, 2.75) is 71.3 Å². The van der Waals surface area contributed by atoms with Gasteiger partial charge in [0.2, 0.25) is 0 Å². The molecule has 24 heavy (non-hydrogen) atoms. The number of hydrogen-bond donors (Lipinski definition) is 3. The van der Waals surface area contributed by atoms with Crippen molar-refractivity contribution in [2.75, 3.05) is 0 Å². The molecule has 134 valence electrons. The minimum atomic E-state index is -4.36. The summed E-state index contributed by atoms with van der Waals surface area (Å²) in [6.45, 7) is 4.67. The molecule has 3 N–H and O–H groups in total. The van der Waals surface area contributed by atoms with Gasteiger partial charge in [-0.25, -0.2) is 0 Å². The van der Waals surface area contributed by atoms with Gasteiger partial charge in [-0.05, 0) is 74.0 Å². The highest BCUT2D eigenvalue weighted by molar-refractivity contribution is 7.56. The average molecular weight is 352 g/mol. The third kappa shape index (κ3) is 2.34. The van der Waals surface area contributed by atoms with Gasteiger partial charge in [0.05, 0.1) is 11.4 Å². The Morgan fingerprint density at radius 1 is 1.17 bits per heavy atom. The largest absolute Gasteiger partial charge is 0.388 e. The summed E-state index contributed by atoms with van der Waals surface area (Å²) >= 11 is 0. The van der Waals surface area contributed by atoms with Crippen LogP contribution in [-0.2, 0) is 4.57 Å². The molecule has 0 spiro atoms. The summed E-state index contributed by atoms with van der Waals surface area (Å²) in [7, 11) is -4.36. The molecule has 0 saturated heterocycles. The maximum atomic E-state index is 11.7. The van der Waals surface area contributed by atoms with Gasteiger partial charge >= 0.3 is 7.60 Å². The van der Waals surface area contributed by atoms with Crippen molar-refractivity contribution < 1.29 is 19.5 Å². The molecule has 0 bridgehead atoms. The topological polar surface area (TPSA) is 77.8 Å². The molecule has 2 unspecified atom stereocenters. The molecule has 2 fully saturated rings. The maximum Gasteiger partial charge on any atom is 0.354 e. The Bertz CT molecular complexity index is 675. The number of rotatable bonds is 1. The molecule has 2 saturated carbocycles. The molecule has 0 amide bonds. The van der Waals surface area contributed by atoms with Gasteiger partial charge in [0.1, 0.15) is 0 Å². The van der Waals surface area contributed by atoms with E-state index in [-0.39, 0.29) is 16.6 Å². The van der Waals surface area contributed by atoms with E-state index in [2.05, 4.69) is 13.8 Å². The summed E-state index contributed by atoms with van der Waals surface area (Å²) in [6, 6.07) is 0. The fourth-order valence-electron chi connectivity index (χ4n) is 6.43. The zero-order valence-electron chi connectivity index (χ0n) is 14.7. The van der Waals surface area contributed by atoms with Crippen molar-refractivity contribution in [3.63, 3.8) is 0 Å². The van der Waals surface area contributed by atoms with E-state index in [4.69, 9.17) is 0 Å². The van der Waals surface area contributed by atoms with E-state index in [0.717, 1.165) is 19.3 Å². The molecule has 0 aliphatic heterocycles. The van der Waals surface area contributed by atoms with Gasteiger partial charge < -0.3 is 14.9 Å². The summed E-state index contributed by atoms with van der Waals surface area (Å²) in [5.41, 5.74) is 3.66. The fraction of sp³-hybridized carbons (Fsp3) is 0.789. The Balaban J connectivity index is 1.75. The number of hydrogen-bond acceptors (Lipinski definition) is 2. The van der Waals surface area contributed by atoms with Gasteiger partial charge in [0, 0.05) is 0 Å². The molecule has 0 radical (unpaired) electrons. The first kappa shape index (κ1) is 17.0. The second-order valence-electron chi connectivity index (χ2n) is 9.02. The highest BCUT2D eigenvalue weighted by atomic mass is 31.2. The van der Waals surface area contributed by atoms with E-state index < -0.39 is 13.7 Å². The summed E-state index contributed by atoms with van der Waals surface area (Å²) in [4.78, 5) is 19.1. The lowest BCUT2D eigenvalue weighted by atomic mass is 9.50. The summed E-state index contributed by atoms with van der Waals surface area (Å²) in [5.74, 6) is 0.644. The highest BCUT2D eigenvalue weighted by Gasteiger charge is 2.54. The van der Waals surface area contributed by atoms with Crippen LogP contribution in [0.3, 0.4) is 0 Å². The minimum Gasteiger partial charge on any atom is -0.388 e. The predicted octanol–water partition coefficient (Wildman–Crippen LogP) is 4.13. The van der Waals surface area contributed by atoms with Crippen molar-refractivity contribution >= 4 is 7.60 Å². The van der Waals surface area contributed by atoms with Crippen molar-refractivity contribution in [1.82, 2.24) is 0 Å². The lowest BCUT2D eigenvalue weighted by molar-refractivity contribution is 0.0175. The second-order valence-corrected chi connectivity index (χ2v) is 10.6. The van der Waals surface area contributed by atoms with Crippen LogP contribution in [0.25, 0.3) is 0 Å². The van der Waals surface area contributed by atoms with Crippen molar-refractivity contribution in [3.8, 4) is 0 Å². The van der Waals surface area contributed by atoms with Crippen LogP contribution in [0.4, 0.5) is 0 Å². The molecule has 4 rings (SSSR count). The number of aliphatic hydroxyl groups is 1. The number of fused-ring (bicyclic) bond motifs is 4. The van der Waals surface area contributed by atoms with Gasteiger partial charge in [0.15, 0.2) is 0 Å². The Kier molecular flexibility index (Phi) is 3.76. The lowest BCUT2D eigenvalue weighted by Crippen LogP contribution is -2.47. The van der Waals surface area contributed by atoms with Crippen LogP contribution >= 0.6 is 7.60 Å². The first-order valence-corrected chi connectivity index (χ1v) is 10.9. The van der Waals surface area contributed by atoms with Gasteiger partial charge in [-0.1, -0.05) is 31.1 Å². The van der Waals surface area contributed by atoms with E-state index in [1.165, 1.54) is 25.7 Å². The Morgan fingerprint density at radius 2 is 1.92 bits per heavy atom. The highest BCUT2D eigenvalue weighted by Crippen LogP contribution is 2.65. The molecule has 4 aliphatic rings. The molecule has 4 nitrogen and oxygen atoms in total. The maximum absolute atomic E-state index is 11.7. The van der Waals surface area contributed by atoms with Crippen LogP contribution in [-0.4, -0.2) is 21.0 Å². The SMILES string of the molecule is C[C@@]12CCCC1=C1CCC3C=C(P(=O)(O)O)C(O)C[C@]3(C)[C@@H]1CC2. The van der Waals surface area contributed by atoms with Gasteiger partial charge in [-0.3, -0.25) is 4.57 Å². The fourth-order valence-corrected chi connectivity index (χ4v) is 7.28. The molecular weight excluding hydrogens is 323 g/mol. The van der Waals surface area contributed by atoms with Crippen LogP contribution < -0.4 is 0 Å². The third-order valence-electron chi connectivity index (χ3n) is 7.73. The van der Waals surface area contributed by atoms with Crippen LogP contribution in [0.1, 0.15) is 65.2 Å². The molecule has 4 aliphatic carbocycles. The van der Waals surface area contributed by atoms with E-state index in [9.17, 15) is 19.5 Å². The molecule has 0 aromatic rings. The van der Waals surface area contributed by atoms with Crippen LogP contribution in [0.5, 0.6) is 0 Å². The number of allylic oxidation sites excluding steroid dienone is 3. The average Bonchev–Trinajstić information content (AvgIpc) is 2.86. The van der Waals surface area contributed by atoms with Gasteiger partial charge in [-0.15, -0.1) is 0 Å². The predicted molar refractivity (Wildman–Crippen MR) is 93.3 cm³/mol. The summed E-state index contributed by atoms with van der Waals surface area (Å²) < 4.78 is 11.7. The van der Waals surface area contributed by atoms with Gasteiger partial charge in [0.25, 0.3) is 0 Å². The second kappa shape index (κ2) is 5.30. The Morgan fingerprint density at radius 3 is 2.62 bits per heavy atom. The molecule has 5 atom stereocenters. The van der Waals surface area contributed by atoms with E-state index in [1.807, 2.05) is 0 Å². The van der Waals surface area contributed by atoms with E-state index >= 15 is 0 Å². The molecule has 0 heterocycles. The van der Waals surface area contributed by atoms with Crippen LogP contribution in [0, 0.1) is 22.7 Å². The lowest BCUT2D eigenvalue weighted by Gasteiger charge is -2.55. The Labute approximate surface area is 144 Å². The first-order chi connectivity index (χ1) is 11.2.